The van der Waals surface area contributed by atoms with Crippen molar-refractivity contribution in [3.8, 4) is 11.3 Å². The summed E-state index contributed by atoms with van der Waals surface area (Å²) in [6.45, 7) is 3.93. The molecule has 0 spiro atoms. The van der Waals surface area contributed by atoms with E-state index in [-0.39, 0.29) is 0 Å². The van der Waals surface area contributed by atoms with Crippen LogP contribution in [-0.4, -0.2) is 42.5 Å². The van der Waals surface area contributed by atoms with Crippen LogP contribution in [0.25, 0.3) is 11.3 Å². The maximum atomic E-state index is 4.45. The van der Waals surface area contributed by atoms with Gasteiger partial charge >= 0.3 is 0 Å². The highest BCUT2D eigenvalue weighted by molar-refractivity contribution is 7.10. The van der Waals surface area contributed by atoms with Gasteiger partial charge in [-0.1, -0.05) is 30.3 Å². The van der Waals surface area contributed by atoms with E-state index in [0.717, 1.165) is 23.8 Å². The van der Waals surface area contributed by atoms with Gasteiger partial charge in [0.2, 0.25) is 0 Å². The minimum absolute atomic E-state index is 0.401. The monoisotopic (exact) mass is 419 g/mol. The van der Waals surface area contributed by atoms with Crippen LogP contribution >= 0.6 is 11.3 Å². The van der Waals surface area contributed by atoms with Crippen molar-refractivity contribution in [2.45, 2.75) is 25.4 Å². The summed E-state index contributed by atoms with van der Waals surface area (Å²) in [5.41, 5.74) is 3.33. The number of rotatable bonds is 7. The normalized spacial score (nSPS) is 15.8. The summed E-state index contributed by atoms with van der Waals surface area (Å²) >= 11 is 1.84. The molecule has 1 aliphatic rings. The number of aliphatic imine (C=N–C) groups is 1. The number of nitrogens with zero attached hydrogens (tertiary/aromatic N) is 3. The molecule has 1 aromatic carbocycles. The molecule has 1 saturated heterocycles. The Bertz CT molecular complexity index is 933. The number of aromatic nitrogens is 1. The molecule has 3 aromatic rings. The summed E-state index contributed by atoms with van der Waals surface area (Å²) < 4.78 is 0. The topological polar surface area (TPSA) is 52.6 Å². The number of hydrogen-bond donors (Lipinski definition) is 2. The fraction of sp³-hybridized carbons (Fsp3) is 0.333. The summed E-state index contributed by atoms with van der Waals surface area (Å²) in [5.74, 6) is 0.832. The van der Waals surface area contributed by atoms with Crippen molar-refractivity contribution in [2.75, 3.05) is 26.7 Å². The van der Waals surface area contributed by atoms with E-state index in [1.54, 1.807) is 0 Å². The molecule has 4 rings (SSSR count). The molecular formula is C24H29N5S. The fourth-order valence-electron chi connectivity index (χ4n) is 3.92. The molecule has 0 radical (unpaired) electrons. The van der Waals surface area contributed by atoms with E-state index in [2.05, 4.69) is 67.3 Å². The third-order valence-corrected chi connectivity index (χ3v) is 6.46. The molecule has 3 heterocycles. The van der Waals surface area contributed by atoms with Crippen LogP contribution in [0.5, 0.6) is 0 Å². The Morgan fingerprint density at radius 3 is 2.73 bits per heavy atom. The van der Waals surface area contributed by atoms with Crippen LogP contribution in [0.3, 0.4) is 0 Å². The minimum Gasteiger partial charge on any atom is -0.354 e. The Hall–Kier alpha value is -2.70. The number of thiophene rings is 1. The molecule has 0 amide bonds. The maximum absolute atomic E-state index is 4.45. The number of likely N-dealkylation sites (tertiary alicyclic amines) is 1. The molecule has 2 N–H and O–H groups in total. The molecule has 6 heteroatoms. The molecule has 1 aliphatic heterocycles. The summed E-state index contributed by atoms with van der Waals surface area (Å²) in [4.78, 5) is 12.9. The molecule has 0 saturated carbocycles. The second kappa shape index (κ2) is 10.4. The number of hydrogen-bond acceptors (Lipinski definition) is 4. The second-order valence-electron chi connectivity index (χ2n) is 7.50. The molecule has 1 unspecified atom stereocenters. The van der Waals surface area contributed by atoms with Crippen molar-refractivity contribution in [3.05, 3.63) is 76.6 Å². The van der Waals surface area contributed by atoms with Crippen LogP contribution in [0.1, 0.15) is 29.3 Å². The van der Waals surface area contributed by atoms with Gasteiger partial charge in [0.25, 0.3) is 0 Å². The van der Waals surface area contributed by atoms with Crippen molar-refractivity contribution < 1.29 is 0 Å². The Labute approximate surface area is 182 Å². The lowest BCUT2D eigenvalue weighted by Gasteiger charge is -2.27. The highest BCUT2D eigenvalue weighted by Gasteiger charge is 2.24. The lowest BCUT2D eigenvalue weighted by Crippen LogP contribution is -2.42. The first-order valence-corrected chi connectivity index (χ1v) is 11.4. The van der Waals surface area contributed by atoms with Gasteiger partial charge in [0.15, 0.2) is 5.96 Å². The van der Waals surface area contributed by atoms with E-state index in [9.17, 15) is 0 Å². The predicted octanol–water partition coefficient (Wildman–Crippen LogP) is 4.31. The quantitative estimate of drug-likeness (QED) is 0.443. The van der Waals surface area contributed by atoms with Crippen LogP contribution < -0.4 is 10.6 Å². The Balaban J connectivity index is 1.36. The second-order valence-corrected chi connectivity index (χ2v) is 8.48. The number of pyridine rings is 1. The van der Waals surface area contributed by atoms with Crippen LogP contribution in [0.2, 0.25) is 0 Å². The van der Waals surface area contributed by atoms with Crippen molar-refractivity contribution in [2.24, 2.45) is 4.99 Å². The first-order chi connectivity index (χ1) is 14.8. The average Bonchev–Trinajstić information content (AvgIpc) is 3.52. The van der Waals surface area contributed by atoms with Gasteiger partial charge in [-0.05, 0) is 61.1 Å². The molecule has 30 heavy (non-hydrogen) atoms. The molecule has 5 nitrogen and oxygen atoms in total. The van der Waals surface area contributed by atoms with E-state index in [1.807, 2.05) is 42.8 Å². The lowest BCUT2D eigenvalue weighted by molar-refractivity contribution is 0.249. The molecule has 2 aromatic heterocycles. The smallest absolute Gasteiger partial charge is 0.191 e. The number of nitrogens with one attached hydrogen (secondary N) is 2. The van der Waals surface area contributed by atoms with Gasteiger partial charge in [-0.3, -0.25) is 14.9 Å². The van der Waals surface area contributed by atoms with Gasteiger partial charge < -0.3 is 10.6 Å². The summed E-state index contributed by atoms with van der Waals surface area (Å²) in [5, 5.41) is 9.17. The zero-order valence-electron chi connectivity index (χ0n) is 17.4. The Morgan fingerprint density at radius 1 is 1.10 bits per heavy atom. The van der Waals surface area contributed by atoms with Crippen molar-refractivity contribution in [1.29, 1.82) is 0 Å². The van der Waals surface area contributed by atoms with Crippen molar-refractivity contribution >= 4 is 17.3 Å². The third-order valence-electron chi connectivity index (χ3n) is 5.49. The number of benzene rings is 1. The van der Waals surface area contributed by atoms with Crippen molar-refractivity contribution in [1.82, 2.24) is 20.5 Å². The van der Waals surface area contributed by atoms with Crippen LogP contribution in [0, 0.1) is 0 Å². The highest BCUT2D eigenvalue weighted by atomic mass is 32.1. The van der Waals surface area contributed by atoms with Gasteiger partial charge in [0.05, 0.1) is 11.7 Å². The first kappa shape index (κ1) is 20.6. The Morgan fingerprint density at radius 2 is 2.00 bits per heavy atom. The van der Waals surface area contributed by atoms with Crippen LogP contribution in [0.4, 0.5) is 0 Å². The van der Waals surface area contributed by atoms with E-state index in [1.165, 1.54) is 36.4 Å². The van der Waals surface area contributed by atoms with Gasteiger partial charge in [-0.15, -0.1) is 11.3 Å². The van der Waals surface area contributed by atoms with E-state index < -0.39 is 0 Å². The average molecular weight is 420 g/mol. The SMILES string of the molecule is CN=C(NCc1cccc(-c2ccccn2)c1)NCC(c1cccs1)N1CCCC1. The van der Waals surface area contributed by atoms with Crippen LogP contribution in [-0.2, 0) is 6.54 Å². The van der Waals surface area contributed by atoms with E-state index in [4.69, 9.17) is 0 Å². The maximum Gasteiger partial charge on any atom is 0.191 e. The molecule has 0 aliphatic carbocycles. The zero-order valence-corrected chi connectivity index (χ0v) is 18.2. The van der Waals surface area contributed by atoms with E-state index in [0.29, 0.717) is 12.6 Å². The van der Waals surface area contributed by atoms with Gasteiger partial charge in [0, 0.05) is 36.8 Å². The van der Waals surface area contributed by atoms with Crippen LogP contribution in [0.15, 0.2) is 71.2 Å². The van der Waals surface area contributed by atoms with Gasteiger partial charge in [-0.25, -0.2) is 0 Å². The highest BCUT2D eigenvalue weighted by Crippen LogP contribution is 2.27. The molecular weight excluding hydrogens is 390 g/mol. The van der Waals surface area contributed by atoms with Crippen molar-refractivity contribution in [3.63, 3.8) is 0 Å². The fourth-order valence-corrected chi connectivity index (χ4v) is 4.78. The molecule has 0 bridgehead atoms. The lowest BCUT2D eigenvalue weighted by atomic mass is 10.1. The van der Waals surface area contributed by atoms with Gasteiger partial charge in [0.1, 0.15) is 0 Å². The molecule has 156 valence electrons. The minimum atomic E-state index is 0.401. The largest absolute Gasteiger partial charge is 0.354 e. The van der Waals surface area contributed by atoms with Gasteiger partial charge in [-0.2, -0.15) is 0 Å². The number of guanidine groups is 1. The third kappa shape index (κ3) is 5.26. The Kier molecular flexibility index (Phi) is 7.11. The van der Waals surface area contributed by atoms with E-state index >= 15 is 0 Å². The summed E-state index contributed by atoms with van der Waals surface area (Å²) in [6, 6.07) is 19.3. The predicted molar refractivity (Wildman–Crippen MR) is 126 cm³/mol. The molecule has 1 fully saturated rings. The standard InChI is InChI=1S/C24H29N5S/c1-25-24(28-18-22(23-11-7-15-30-23)29-13-4-5-14-29)27-17-19-8-6-9-20(16-19)21-10-2-3-12-26-21/h2-3,6-12,15-16,22H,4-5,13-14,17-18H2,1H3,(H2,25,27,28). The summed E-state index contributed by atoms with van der Waals surface area (Å²) in [7, 11) is 1.83. The molecule has 1 atom stereocenters. The first-order valence-electron chi connectivity index (χ1n) is 10.6. The summed E-state index contributed by atoms with van der Waals surface area (Å²) in [6.07, 6.45) is 4.42. The zero-order chi connectivity index (χ0) is 20.6.